The summed E-state index contributed by atoms with van der Waals surface area (Å²) in [6, 6.07) is 11.5. The quantitative estimate of drug-likeness (QED) is 0.717. The molecule has 94 valence electrons. The number of aromatic hydroxyl groups is 1. The molecule has 0 saturated carbocycles. The summed E-state index contributed by atoms with van der Waals surface area (Å²) in [5.74, 6) is -3.02. The van der Waals surface area contributed by atoms with Crippen LogP contribution < -0.4 is 0 Å². The largest absolute Gasteiger partial charge is 0.505 e. The van der Waals surface area contributed by atoms with Crippen LogP contribution in [0.25, 0.3) is 22.0 Å². The molecule has 0 fully saturated rings. The summed E-state index contributed by atoms with van der Waals surface area (Å²) in [6.45, 7) is 0. The third kappa shape index (κ3) is 2.01. The third-order valence-electron chi connectivity index (χ3n) is 2.93. The van der Waals surface area contributed by atoms with Crippen molar-refractivity contribution in [2.75, 3.05) is 0 Å². The predicted octanol–water partition coefficient (Wildman–Crippen LogP) is 3.89. The minimum Gasteiger partial charge on any atom is -0.505 e. The average molecular weight is 257 g/mol. The Balaban J connectivity index is 2.19. The van der Waals surface area contributed by atoms with Gasteiger partial charge >= 0.3 is 0 Å². The lowest BCUT2D eigenvalue weighted by molar-refractivity contribution is 0.407. The fraction of sp³-hybridized carbons (Fsp3) is 0. The van der Waals surface area contributed by atoms with Crippen LogP contribution in [-0.4, -0.2) is 10.1 Å². The van der Waals surface area contributed by atoms with Crippen molar-refractivity contribution in [3.63, 3.8) is 0 Å². The molecule has 0 saturated heterocycles. The second-order valence-electron chi connectivity index (χ2n) is 4.21. The number of nitrogens with zero attached hydrogens (tertiary/aromatic N) is 1. The van der Waals surface area contributed by atoms with Gasteiger partial charge in [0.1, 0.15) is 0 Å². The van der Waals surface area contributed by atoms with Crippen LogP contribution in [0.1, 0.15) is 0 Å². The van der Waals surface area contributed by atoms with Crippen LogP contribution in [0.2, 0.25) is 0 Å². The summed E-state index contributed by atoms with van der Waals surface area (Å²) < 4.78 is 26.3. The molecule has 2 aromatic carbocycles. The maximum absolute atomic E-state index is 13.3. The SMILES string of the molecule is Oc1cc(-c2cnc3ccccc3c2)cc(F)c1F. The molecule has 0 atom stereocenters. The van der Waals surface area contributed by atoms with Crippen molar-refractivity contribution in [3.8, 4) is 16.9 Å². The van der Waals surface area contributed by atoms with Crippen molar-refractivity contribution < 1.29 is 13.9 Å². The van der Waals surface area contributed by atoms with E-state index in [2.05, 4.69) is 4.98 Å². The molecule has 3 rings (SSSR count). The van der Waals surface area contributed by atoms with E-state index in [4.69, 9.17) is 0 Å². The van der Waals surface area contributed by atoms with E-state index in [9.17, 15) is 13.9 Å². The molecule has 3 aromatic rings. The summed E-state index contributed by atoms with van der Waals surface area (Å²) in [5, 5.41) is 10.2. The van der Waals surface area contributed by atoms with E-state index < -0.39 is 17.4 Å². The van der Waals surface area contributed by atoms with E-state index in [1.54, 1.807) is 6.20 Å². The summed E-state index contributed by atoms with van der Waals surface area (Å²) in [4.78, 5) is 4.24. The van der Waals surface area contributed by atoms with Crippen LogP contribution >= 0.6 is 0 Å². The number of phenolic OH excluding ortho intramolecular Hbond substituents is 1. The molecule has 1 N–H and O–H groups in total. The van der Waals surface area contributed by atoms with Gasteiger partial charge in [-0.25, -0.2) is 4.39 Å². The Labute approximate surface area is 108 Å². The molecule has 0 spiro atoms. The standard InChI is InChI=1S/C15H9F2NO/c16-12-6-10(7-14(19)15(12)17)11-5-9-3-1-2-4-13(9)18-8-11/h1-8,19H. The fourth-order valence-corrected chi connectivity index (χ4v) is 1.97. The maximum atomic E-state index is 13.3. The molecule has 0 aliphatic carbocycles. The normalized spacial score (nSPS) is 10.8. The number of fused-ring (bicyclic) bond motifs is 1. The van der Waals surface area contributed by atoms with Crippen molar-refractivity contribution >= 4 is 10.9 Å². The van der Waals surface area contributed by atoms with Gasteiger partial charge < -0.3 is 5.11 Å². The number of rotatable bonds is 1. The maximum Gasteiger partial charge on any atom is 0.200 e. The van der Waals surface area contributed by atoms with Crippen molar-refractivity contribution in [2.45, 2.75) is 0 Å². The highest BCUT2D eigenvalue weighted by Gasteiger charge is 2.11. The van der Waals surface area contributed by atoms with Crippen LogP contribution in [0.5, 0.6) is 5.75 Å². The van der Waals surface area contributed by atoms with Gasteiger partial charge in [0.05, 0.1) is 5.52 Å². The van der Waals surface area contributed by atoms with Gasteiger partial charge in [0.15, 0.2) is 17.4 Å². The lowest BCUT2D eigenvalue weighted by atomic mass is 10.0. The first-order valence-corrected chi connectivity index (χ1v) is 5.68. The highest BCUT2D eigenvalue weighted by atomic mass is 19.2. The molecule has 0 aliphatic heterocycles. The third-order valence-corrected chi connectivity index (χ3v) is 2.93. The second kappa shape index (κ2) is 4.31. The van der Waals surface area contributed by atoms with E-state index in [0.29, 0.717) is 11.1 Å². The number of halogens is 2. The van der Waals surface area contributed by atoms with Gasteiger partial charge in [-0.3, -0.25) is 4.98 Å². The number of pyridine rings is 1. The molecule has 0 radical (unpaired) electrons. The summed E-state index contributed by atoms with van der Waals surface area (Å²) in [5.41, 5.74) is 1.82. The topological polar surface area (TPSA) is 33.1 Å². The average Bonchev–Trinajstić information content (AvgIpc) is 2.43. The zero-order valence-electron chi connectivity index (χ0n) is 9.77. The summed E-state index contributed by atoms with van der Waals surface area (Å²) in [6.07, 6.45) is 1.56. The van der Waals surface area contributed by atoms with Gasteiger partial charge in [0.25, 0.3) is 0 Å². The van der Waals surface area contributed by atoms with E-state index >= 15 is 0 Å². The van der Waals surface area contributed by atoms with Crippen molar-refractivity contribution in [2.24, 2.45) is 0 Å². The first-order valence-electron chi connectivity index (χ1n) is 5.68. The lowest BCUT2D eigenvalue weighted by Gasteiger charge is -2.05. The van der Waals surface area contributed by atoms with Crippen LogP contribution in [-0.2, 0) is 0 Å². The Hall–Kier alpha value is -2.49. The Bertz CT molecular complexity index is 748. The van der Waals surface area contributed by atoms with E-state index in [-0.39, 0.29) is 0 Å². The molecular weight excluding hydrogens is 248 g/mol. The van der Waals surface area contributed by atoms with Crippen LogP contribution in [0, 0.1) is 11.6 Å². The van der Waals surface area contributed by atoms with Gasteiger partial charge in [-0.2, -0.15) is 4.39 Å². The smallest absolute Gasteiger partial charge is 0.200 e. The number of para-hydroxylation sites is 1. The van der Waals surface area contributed by atoms with Gasteiger partial charge in [0, 0.05) is 17.1 Å². The first kappa shape index (κ1) is 11.6. The van der Waals surface area contributed by atoms with Crippen molar-refractivity contribution in [3.05, 3.63) is 60.3 Å². The van der Waals surface area contributed by atoms with Crippen LogP contribution in [0.3, 0.4) is 0 Å². The zero-order chi connectivity index (χ0) is 13.4. The van der Waals surface area contributed by atoms with Gasteiger partial charge in [0.2, 0.25) is 0 Å². The molecule has 0 unspecified atom stereocenters. The van der Waals surface area contributed by atoms with Gasteiger partial charge in [-0.05, 0) is 29.8 Å². The number of hydrogen-bond donors (Lipinski definition) is 1. The number of benzene rings is 2. The Morgan fingerprint density at radius 1 is 0.947 bits per heavy atom. The van der Waals surface area contributed by atoms with E-state index in [0.717, 1.165) is 17.0 Å². The van der Waals surface area contributed by atoms with Gasteiger partial charge in [-0.15, -0.1) is 0 Å². The Morgan fingerprint density at radius 2 is 1.74 bits per heavy atom. The minimum atomic E-state index is -1.24. The summed E-state index contributed by atoms with van der Waals surface area (Å²) in [7, 11) is 0. The van der Waals surface area contributed by atoms with E-state index in [1.165, 1.54) is 6.07 Å². The minimum absolute atomic E-state index is 0.384. The lowest BCUT2D eigenvalue weighted by Crippen LogP contribution is -1.88. The van der Waals surface area contributed by atoms with Crippen molar-refractivity contribution in [1.29, 1.82) is 0 Å². The monoisotopic (exact) mass is 257 g/mol. The van der Waals surface area contributed by atoms with Crippen LogP contribution in [0.4, 0.5) is 8.78 Å². The number of aromatic nitrogens is 1. The molecule has 0 aliphatic rings. The van der Waals surface area contributed by atoms with Gasteiger partial charge in [-0.1, -0.05) is 18.2 Å². The highest BCUT2D eigenvalue weighted by Crippen LogP contribution is 2.29. The molecule has 0 amide bonds. The molecule has 1 heterocycles. The second-order valence-corrected chi connectivity index (χ2v) is 4.21. The molecular formula is C15H9F2NO. The Kier molecular flexibility index (Phi) is 2.63. The highest BCUT2D eigenvalue weighted by molar-refractivity contribution is 5.83. The molecule has 19 heavy (non-hydrogen) atoms. The molecule has 0 bridgehead atoms. The molecule has 4 heteroatoms. The molecule has 2 nitrogen and oxygen atoms in total. The number of hydrogen-bond acceptors (Lipinski definition) is 2. The summed E-state index contributed by atoms with van der Waals surface area (Å²) >= 11 is 0. The first-order chi connectivity index (χ1) is 9.15. The van der Waals surface area contributed by atoms with Crippen LogP contribution in [0.15, 0.2) is 48.7 Å². The molecule has 1 aromatic heterocycles. The zero-order valence-corrected chi connectivity index (χ0v) is 9.77. The number of phenols is 1. The predicted molar refractivity (Wildman–Crippen MR) is 68.8 cm³/mol. The van der Waals surface area contributed by atoms with Crippen molar-refractivity contribution in [1.82, 2.24) is 4.98 Å². The fourth-order valence-electron chi connectivity index (χ4n) is 1.97. The van der Waals surface area contributed by atoms with E-state index in [1.807, 2.05) is 30.3 Å². The Morgan fingerprint density at radius 3 is 2.53 bits per heavy atom.